The van der Waals surface area contributed by atoms with Crippen molar-refractivity contribution >= 4 is 22.7 Å². The van der Waals surface area contributed by atoms with Crippen LogP contribution in [-0.2, 0) is 50.9 Å². The zero-order valence-electron chi connectivity index (χ0n) is 57.0. The third-order valence-electron chi connectivity index (χ3n) is 16.5. The van der Waals surface area contributed by atoms with Crippen LogP contribution in [0.4, 0.5) is 75.4 Å². The number of nitrogens with zero attached hydrogens (tertiary/aromatic N) is 8. The van der Waals surface area contributed by atoms with E-state index in [-0.39, 0.29) is 71.6 Å². The molecule has 4 heterocycles. The third kappa shape index (κ3) is 19.2. The number of aromatic hydroxyl groups is 2. The van der Waals surface area contributed by atoms with Crippen LogP contribution in [0.2, 0.25) is 0 Å². The number of aryl methyl sites for hydroxylation is 1. The van der Waals surface area contributed by atoms with Crippen molar-refractivity contribution < 1.29 is 67.6 Å². The molecule has 4 aromatic heterocycles. The van der Waals surface area contributed by atoms with E-state index < -0.39 is 91.9 Å². The highest BCUT2D eigenvalue weighted by molar-refractivity contribution is 5.71. The van der Waals surface area contributed by atoms with E-state index in [1.165, 1.54) is 64.8 Å². The molecule has 12 aromatic rings. The summed E-state index contributed by atoms with van der Waals surface area (Å²) in [5.41, 5.74) is -7.57. The molecule has 0 aliphatic rings. The van der Waals surface area contributed by atoms with Crippen molar-refractivity contribution in [3.63, 3.8) is 0 Å². The van der Waals surface area contributed by atoms with E-state index in [2.05, 4.69) is 19.4 Å². The molecule has 12 rings (SSSR count). The lowest BCUT2D eigenvalue weighted by atomic mass is 10.0. The smallest absolute Gasteiger partial charge is 0.407 e. The molecule has 0 saturated carbocycles. The van der Waals surface area contributed by atoms with Gasteiger partial charge in [0.25, 0.3) is 45.0 Å². The van der Waals surface area contributed by atoms with Crippen LogP contribution in [0.5, 0.6) is 17.2 Å². The summed E-state index contributed by atoms with van der Waals surface area (Å²) in [4.78, 5) is 62.6. The number of ether oxygens (including phenoxy) is 1. The average molecular weight is 1490 g/mol. The summed E-state index contributed by atoms with van der Waals surface area (Å²) in [6.07, 6.45) is -19.3. The minimum atomic E-state index is -4.85. The van der Waals surface area contributed by atoms with Gasteiger partial charge < -0.3 is 33.2 Å². The highest BCUT2D eigenvalue weighted by Gasteiger charge is 2.40. The number of pyridine rings is 4. The zero-order valence-corrected chi connectivity index (χ0v) is 57.0. The van der Waals surface area contributed by atoms with Crippen LogP contribution in [0.1, 0.15) is 50.1 Å². The molecule has 15 nitrogen and oxygen atoms in total. The van der Waals surface area contributed by atoms with Gasteiger partial charge in [-0.2, -0.15) is 52.7 Å². The predicted octanol–water partition coefficient (Wildman–Crippen LogP) is 20.3. The monoisotopic (exact) mass is 1490 g/mol. The van der Waals surface area contributed by atoms with Crippen molar-refractivity contribution in [2.75, 3.05) is 7.11 Å². The van der Waals surface area contributed by atoms with Crippen LogP contribution in [0, 0.1) is 33.2 Å². The van der Waals surface area contributed by atoms with Crippen LogP contribution in [0.25, 0.3) is 64.4 Å². The topological polar surface area (TPSA) is 155 Å². The van der Waals surface area contributed by atoms with Gasteiger partial charge in [0.05, 0.1) is 55.7 Å². The lowest BCUT2D eigenvalue weighted by Crippen LogP contribution is -2.25. The summed E-state index contributed by atoms with van der Waals surface area (Å²) in [5.74, 6) is 0.155. The molecular formula is C82H56F12N8O7. The van der Waals surface area contributed by atoms with Gasteiger partial charge in [0.2, 0.25) is 0 Å². The van der Waals surface area contributed by atoms with Crippen LogP contribution in [-0.4, -0.2) is 35.6 Å². The fourth-order valence-corrected chi connectivity index (χ4v) is 11.4. The predicted molar refractivity (Wildman–Crippen MR) is 386 cm³/mol. The Morgan fingerprint density at radius 1 is 0.321 bits per heavy atom. The molecule has 0 atom stereocenters. The number of methoxy groups -OCH3 is 1. The molecule has 2 N–H and O–H groups in total. The Morgan fingerprint density at radius 3 is 0.789 bits per heavy atom. The summed E-state index contributed by atoms with van der Waals surface area (Å²) >= 11 is 0. The first-order valence-electron chi connectivity index (χ1n) is 32.1. The zero-order chi connectivity index (χ0) is 79.1. The number of halogens is 12. The molecule has 27 heteroatoms. The Labute approximate surface area is 613 Å². The summed E-state index contributed by atoms with van der Waals surface area (Å²) in [7, 11) is 1.44. The second-order valence-electron chi connectivity index (χ2n) is 23.8. The second-order valence-corrected chi connectivity index (χ2v) is 23.8. The molecule has 0 amide bonds. The molecule has 8 aromatic carbocycles. The van der Waals surface area contributed by atoms with Crippen LogP contribution in [0.3, 0.4) is 0 Å². The van der Waals surface area contributed by atoms with Crippen molar-refractivity contribution in [2.45, 2.75) is 57.8 Å². The van der Waals surface area contributed by atoms with Gasteiger partial charge in [0.15, 0.2) is 0 Å². The standard InChI is InChI=1S/C21H15F3N2O2.C21H15F3N2O.2C20H13F3N2O2/c1-25-19-17(21(22,23)24)12-18(15-9-6-10-16(11-15)28-2)26(20(19)27)13-14-7-4-3-5-8-14;1-14-7-6-10-16(11-14)18-12-17(21(22,23)24)19(25-2)20(27)26(18)13-15-8-4-3-5-9-15;2*1-24-18-16(20(21,22)23)11-17(14-8-5-9-15(26)10-14)25(19(18)27)12-13-6-3-2-4-7-13/h3-12H,13H2,2H3;3-12H,13H2,1H3;2*2-11,26H,12H2. The maximum atomic E-state index is 13.5. The summed E-state index contributed by atoms with van der Waals surface area (Å²) in [6, 6.07) is 63.1. The number of benzene rings is 8. The highest BCUT2D eigenvalue weighted by atomic mass is 19.4. The number of hydrogen-bond acceptors (Lipinski definition) is 7. The van der Waals surface area contributed by atoms with Crippen molar-refractivity contribution in [1.29, 1.82) is 0 Å². The van der Waals surface area contributed by atoms with Gasteiger partial charge in [-0.05, 0) is 101 Å². The van der Waals surface area contributed by atoms with Crippen LogP contribution >= 0.6 is 0 Å². The highest BCUT2D eigenvalue weighted by Crippen LogP contribution is 2.42. The Bertz CT molecular complexity index is 5330. The quantitative estimate of drug-likeness (QED) is 0.0860. The van der Waals surface area contributed by atoms with Gasteiger partial charge in [-0.1, -0.05) is 181 Å². The van der Waals surface area contributed by atoms with Crippen molar-refractivity contribution in [2.24, 2.45) is 0 Å². The van der Waals surface area contributed by atoms with Crippen molar-refractivity contribution in [3.8, 4) is 62.3 Å². The lowest BCUT2D eigenvalue weighted by molar-refractivity contribution is -0.137. The molecule has 0 saturated heterocycles. The maximum absolute atomic E-state index is 13.5. The first-order valence-corrected chi connectivity index (χ1v) is 32.1. The van der Waals surface area contributed by atoms with Gasteiger partial charge in [0, 0.05) is 65.6 Å². The van der Waals surface area contributed by atoms with Gasteiger partial charge >= 0.3 is 24.7 Å². The normalized spacial score (nSPS) is 11.2. The number of aromatic nitrogens is 4. The average Bonchev–Trinajstić information content (AvgIpc) is 0.785. The lowest BCUT2D eigenvalue weighted by Gasteiger charge is -2.18. The van der Waals surface area contributed by atoms with E-state index in [1.807, 2.05) is 19.1 Å². The number of alkyl halides is 12. The van der Waals surface area contributed by atoms with E-state index in [0.29, 0.717) is 28.0 Å². The molecule has 550 valence electrons. The Balaban J connectivity index is 0.000000167. The van der Waals surface area contributed by atoms with Gasteiger partial charge in [-0.15, -0.1) is 0 Å². The van der Waals surface area contributed by atoms with Gasteiger partial charge in [-0.25, -0.2) is 19.4 Å². The van der Waals surface area contributed by atoms with Crippen LogP contribution in [0.15, 0.2) is 262 Å². The Kier molecular flexibility index (Phi) is 24.6. The Morgan fingerprint density at radius 2 is 0.560 bits per heavy atom. The Hall–Kier alpha value is -13.9. The third-order valence-corrected chi connectivity index (χ3v) is 16.5. The summed E-state index contributed by atoms with van der Waals surface area (Å²) in [6.45, 7) is 30.3. The molecule has 0 aliphatic heterocycles. The molecule has 0 radical (unpaired) electrons. The summed E-state index contributed by atoms with van der Waals surface area (Å²) < 4.78 is 171. The number of phenolic OH excluding ortho intramolecular Hbond substituents is 2. The van der Waals surface area contributed by atoms with Gasteiger partial charge in [0.1, 0.15) is 17.2 Å². The van der Waals surface area contributed by atoms with E-state index in [0.717, 1.165) is 50.1 Å². The first-order chi connectivity index (χ1) is 51.8. The number of hydrogen-bond donors (Lipinski definition) is 2. The fourth-order valence-electron chi connectivity index (χ4n) is 11.4. The maximum Gasteiger partial charge on any atom is 0.407 e. The molecule has 0 aliphatic carbocycles. The number of phenols is 2. The van der Waals surface area contributed by atoms with Crippen molar-refractivity contribution in [1.82, 2.24) is 18.3 Å². The summed E-state index contributed by atoms with van der Waals surface area (Å²) in [5, 5.41) is 19.4. The van der Waals surface area contributed by atoms with Gasteiger partial charge in [-0.3, -0.25) is 19.2 Å². The fraction of sp³-hybridized carbons (Fsp3) is 0.122. The minimum Gasteiger partial charge on any atom is -0.508 e. The molecule has 0 spiro atoms. The second kappa shape index (κ2) is 33.9. The molecular weight excluding hydrogens is 1440 g/mol. The molecule has 0 unspecified atom stereocenters. The molecule has 0 fully saturated rings. The molecule has 0 bridgehead atoms. The van der Waals surface area contributed by atoms with E-state index in [1.54, 1.807) is 158 Å². The first kappa shape index (κ1) is 79.2. The van der Waals surface area contributed by atoms with E-state index in [4.69, 9.17) is 31.0 Å². The van der Waals surface area contributed by atoms with E-state index in [9.17, 15) is 82.1 Å². The van der Waals surface area contributed by atoms with Crippen LogP contribution < -0.4 is 27.0 Å². The van der Waals surface area contributed by atoms with Crippen molar-refractivity contribution in [3.05, 3.63) is 380 Å². The minimum absolute atomic E-state index is 0.00861. The van der Waals surface area contributed by atoms with E-state index >= 15 is 0 Å². The SMILES string of the molecule is [C-]#[N+]c1c(C(F)(F)F)cc(-c2cccc(C)c2)n(Cc2ccccc2)c1=O.[C-]#[N+]c1c(C(F)(F)F)cc(-c2cccc(O)c2)n(Cc2ccccc2)c1=O.[C-]#[N+]c1c(C(F)(F)F)cc(-c2cccc(O)c2)n(Cc2ccccc2)c1=O.[C-]#[N+]c1c(C(F)(F)F)cc(-c2cccc(OC)c2)n(Cc2ccccc2)c1=O. The molecule has 109 heavy (non-hydrogen) atoms. The number of rotatable bonds is 13. The largest absolute Gasteiger partial charge is 0.508 e.